The summed E-state index contributed by atoms with van der Waals surface area (Å²) in [6.45, 7) is 41.3. The lowest BCUT2D eigenvalue weighted by molar-refractivity contribution is -0.150. The van der Waals surface area contributed by atoms with E-state index in [1.165, 1.54) is 57.3 Å². The number of benzene rings is 12. The van der Waals surface area contributed by atoms with Crippen molar-refractivity contribution in [2.75, 3.05) is 16.3 Å². The number of nitrogens with zero attached hydrogens (tertiary/aromatic N) is 2. The van der Waals surface area contributed by atoms with Crippen LogP contribution in [0.3, 0.4) is 0 Å². The molecule has 0 spiro atoms. The van der Waals surface area contributed by atoms with E-state index in [-0.39, 0.29) is 41.4 Å². The summed E-state index contributed by atoms with van der Waals surface area (Å²) < 4.78 is 11.4. The van der Waals surface area contributed by atoms with Gasteiger partial charge in [-0.1, -0.05) is 416 Å². The molecular weight excluding hydrogens is 1640 g/mol. The molecule has 0 fully saturated rings. The van der Waals surface area contributed by atoms with Gasteiger partial charge in [-0.15, -0.1) is 0 Å². The highest BCUT2D eigenvalue weighted by molar-refractivity contribution is 6.17. The molecule has 9 nitrogen and oxygen atoms in total. The molecular formula is C125H138N2O7. The molecule has 2 atom stereocenters. The molecule has 13 aromatic carbocycles. The van der Waals surface area contributed by atoms with Crippen LogP contribution >= 0.6 is 0 Å². The average Bonchev–Trinajstić information content (AvgIpc) is 1.56. The minimum atomic E-state index is -0.274. The lowest BCUT2D eigenvalue weighted by atomic mass is 9.92. The predicted octanol–water partition coefficient (Wildman–Crippen LogP) is 29.6. The number of hydrogen-bond acceptors (Lipinski definition) is 7. The number of anilines is 2. The van der Waals surface area contributed by atoms with Gasteiger partial charge in [0.1, 0.15) is 12.2 Å². The van der Waals surface area contributed by atoms with Gasteiger partial charge in [-0.05, 0) is 162 Å². The van der Waals surface area contributed by atoms with E-state index in [4.69, 9.17) is 9.47 Å². The van der Waals surface area contributed by atoms with Crippen LogP contribution in [0.2, 0.25) is 0 Å². The molecule has 2 unspecified atom stereocenters. The zero-order valence-corrected chi connectivity index (χ0v) is 83.0. The summed E-state index contributed by atoms with van der Waals surface area (Å²) in [5, 5.41) is 0. The Morgan fingerprint density at radius 2 is 0.575 bits per heavy atom. The standard InChI is InChI=1S/C20H18O2.C19H16O2.C18H13NO2.C18H15NO.2C16H12.2C3H8.6C2H6/c1-2-7-20(21)22-19-14-17-10-4-3-8-15(17)12-13-16-9-5-6-11-18(16)19;1-2-19(20)21-18-13-16-9-4-3-7-14(16)11-12-15-8-5-6-10-17(15)18;1-2-19-14-10-6-5-9-13(14)16-15(17(16)20)11-7-3-4-8-12(11)18(19)21;1-2-18(20)19-13-16-9-4-3-7-14(16)11-12-15-8-5-6-10-17(15)19;2*1-2-6-14-11-12-16-8-4-3-7-15(16)10-9-13(14)5-1;2*1-3-2;6*1-2/h3-6,8-11,19H,2,7,14H2,1H3;3-10,18H,2,13H2,1H3;3-10H,2H2,1H3;3-10H,2,13H2,1H3;2*1-8H,9-10H2;2*3H2,1-2H3;6*1-2H3. The maximum atomic E-state index is 12.8. The highest BCUT2D eigenvalue weighted by Crippen LogP contribution is 2.44. The first-order valence-electron chi connectivity index (χ1n) is 48.7. The number of amides is 2. The number of para-hydroxylation sites is 2. The SMILES string of the molecule is C1#Cc2ccccc2CCc2ccccc21.C1#Cc2ccccc2CCc2ccccc21.CC.CC.CC.CC.CC.CC.CCC.CCC.CCC(=O)N1Cc2ccccc2C#Cc2ccccc21.CCC(=O)OC1Cc2ccccc2C#Cc2ccccc21.CCCC(=O)OC1Cc2ccccc2C#Cc2ccccc21.CCN1C(=O)c2ccccc2-c2c(c2=O)-c2ccccc21. The molecule has 13 aromatic rings. The fourth-order valence-corrected chi connectivity index (χ4v) is 14.9. The molecule has 6 aliphatic rings. The van der Waals surface area contributed by atoms with Crippen molar-refractivity contribution < 1.29 is 28.7 Å². The first-order valence-corrected chi connectivity index (χ1v) is 48.7. The van der Waals surface area contributed by atoms with E-state index in [1.807, 2.05) is 298 Å². The van der Waals surface area contributed by atoms with Crippen LogP contribution in [0.25, 0.3) is 22.3 Å². The van der Waals surface area contributed by atoms with Crippen molar-refractivity contribution in [2.45, 2.75) is 234 Å². The van der Waals surface area contributed by atoms with E-state index in [0.717, 1.165) is 121 Å². The molecule has 2 aliphatic heterocycles. The van der Waals surface area contributed by atoms with Gasteiger partial charge in [-0.2, -0.15) is 0 Å². The third-order valence-corrected chi connectivity index (χ3v) is 21.0. The number of esters is 2. The number of aryl methyl sites for hydroxylation is 4. The Morgan fingerprint density at radius 3 is 0.948 bits per heavy atom. The van der Waals surface area contributed by atoms with Gasteiger partial charge < -0.3 is 19.3 Å². The van der Waals surface area contributed by atoms with E-state index in [1.54, 1.807) is 11.0 Å². The third-order valence-electron chi connectivity index (χ3n) is 21.0. The number of ether oxygens (including phenoxy) is 2. The number of carbonyl (C=O) groups excluding carboxylic acids is 4. The molecule has 0 saturated heterocycles. The molecule has 4 aliphatic carbocycles. The lowest BCUT2D eigenvalue weighted by Crippen LogP contribution is -2.31. The van der Waals surface area contributed by atoms with Crippen LogP contribution in [0.4, 0.5) is 11.4 Å². The van der Waals surface area contributed by atoms with Crippen LogP contribution in [0.15, 0.2) is 296 Å². The molecule has 2 heterocycles. The first-order chi connectivity index (χ1) is 65.8. The Hall–Kier alpha value is -14.3. The number of rotatable bonds is 7. The van der Waals surface area contributed by atoms with Crippen molar-refractivity contribution in [1.82, 2.24) is 0 Å². The molecule has 2 amide bonds. The molecule has 0 radical (unpaired) electrons. The van der Waals surface area contributed by atoms with Crippen molar-refractivity contribution in [2.24, 2.45) is 0 Å². The summed E-state index contributed by atoms with van der Waals surface area (Å²) >= 11 is 0. The first kappa shape index (κ1) is 108. The summed E-state index contributed by atoms with van der Waals surface area (Å²) in [4.78, 5) is 64.7. The van der Waals surface area contributed by atoms with Crippen LogP contribution in [0, 0.1) is 59.2 Å². The Kier molecular flexibility index (Phi) is 49.1. The van der Waals surface area contributed by atoms with Crippen molar-refractivity contribution in [1.29, 1.82) is 0 Å². The smallest absolute Gasteiger partial charge is 0.306 e. The third kappa shape index (κ3) is 30.9. The summed E-state index contributed by atoms with van der Waals surface area (Å²) in [7, 11) is 0. The number of fused-ring (bicyclic) bond motifs is 15. The molecule has 9 heteroatoms. The van der Waals surface area contributed by atoms with E-state index in [2.05, 4.69) is 190 Å². The maximum Gasteiger partial charge on any atom is 0.306 e. The van der Waals surface area contributed by atoms with Gasteiger partial charge in [-0.25, -0.2) is 0 Å². The minimum absolute atomic E-state index is 0.0493. The van der Waals surface area contributed by atoms with Crippen molar-refractivity contribution in [3.63, 3.8) is 0 Å². The van der Waals surface area contributed by atoms with Gasteiger partial charge in [0, 0.05) is 128 Å². The number of carbonyl (C=O) groups is 4. The second kappa shape index (κ2) is 60.6. The van der Waals surface area contributed by atoms with Gasteiger partial charge in [0.05, 0.1) is 17.9 Å². The minimum Gasteiger partial charge on any atom is -0.457 e. The van der Waals surface area contributed by atoms with Crippen molar-refractivity contribution >= 4 is 35.1 Å². The highest BCUT2D eigenvalue weighted by Gasteiger charge is 2.35. The Balaban J connectivity index is 0.000000239. The Morgan fingerprint density at radius 1 is 0.299 bits per heavy atom. The normalized spacial score (nSPS) is 12.4. The lowest BCUT2D eigenvalue weighted by Gasteiger charge is -2.25. The molecule has 690 valence electrons. The van der Waals surface area contributed by atoms with Crippen LogP contribution in [0.1, 0.15) is 305 Å². The molecule has 0 bridgehead atoms. The van der Waals surface area contributed by atoms with Crippen LogP contribution in [-0.4, -0.2) is 30.3 Å². The van der Waals surface area contributed by atoms with E-state index < -0.39 is 0 Å². The molecule has 0 saturated carbocycles. The fraction of sp³-hybridized carbons (Fsp3) is 0.288. The van der Waals surface area contributed by atoms with Crippen molar-refractivity contribution in [3.8, 4) is 81.5 Å². The van der Waals surface area contributed by atoms with E-state index in [0.29, 0.717) is 56.3 Å². The Labute approximate surface area is 803 Å². The van der Waals surface area contributed by atoms with Gasteiger partial charge in [0.15, 0.2) is 5.43 Å². The molecule has 0 aromatic heterocycles. The summed E-state index contributed by atoms with van der Waals surface area (Å²) in [6.07, 6.45) is 9.74. The summed E-state index contributed by atoms with van der Waals surface area (Å²) in [5.41, 5.74) is 26.7. The highest BCUT2D eigenvalue weighted by atomic mass is 16.5. The zero-order valence-electron chi connectivity index (χ0n) is 83.0. The summed E-state index contributed by atoms with van der Waals surface area (Å²) in [5.74, 6) is 32.1. The average molecular weight is 1780 g/mol. The predicted molar refractivity (Wildman–Crippen MR) is 564 cm³/mol. The molecule has 134 heavy (non-hydrogen) atoms. The van der Waals surface area contributed by atoms with E-state index in [9.17, 15) is 24.0 Å². The maximum absolute atomic E-state index is 12.8. The zero-order chi connectivity index (χ0) is 97.5. The fourth-order valence-electron chi connectivity index (χ4n) is 14.9. The monoisotopic (exact) mass is 1780 g/mol. The second-order valence-corrected chi connectivity index (χ2v) is 29.9. The van der Waals surface area contributed by atoms with Crippen LogP contribution in [-0.2, 0) is 68.9 Å². The van der Waals surface area contributed by atoms with Gasteiger partial charge in [0.25, 0.3) is 5.91 Å². The largest absolute Gasteiger partial charge is 0.457 e. The molecule has 19 rings (SSSR count). The van der Waals surface area contributed by atoms with E-state index >= 15 is 0 Å². The molecule has 0 N–H and O–H groups in total. The summed E-state index contributed by atoms with van der Waals surface area (Å²) in [6, 6.07) is 96.4. The van der Waals surface area contributed by atoms with Gasteiger partial charge in [0.2, 0.25) is 5.91 Å². The van der Waals surface area contributed by atoms with Gasteiger partial charge in [-0.3, -0.25) is 24.0 Å². The topological polar surface area (TPSA) is 110 Å². The van der Waals surface area contributed by atoms with Crippen molar-refractivity contribution in [3.05, 3.63) is 413 Å². The van der Waals surface area contributed by atoms with Crippen LogP contribution in [0.5, 0.6) is 0 Å². The quantitative estimate of drug-likeness (QED) is 0.115. The van der Waals surface area contributed by atoms with Crippen LogP contribution < -0.4 is 15.2 Å². The second-order valence-electron chi connectivity index (χ2n) is 29.9. The Bertz CT molecular complexity index is 6030. The van der Waals surface area contributed by atoms with Gasteiger partial charge >= 0.3 is 11.9 Å². The number of hydrogen-bond donors (Lipinski definition) is 0.